The van der Waals surface area contributed by atoms with E-state index in [1.807, 2.05) is 48.3 Å². The molecule has 0 unspecified atom stereocenters. The van der Waals surface area contributed by atoms with E-state index in [0.29, 0.717) is 28.4 Å². The third kappa shape index (κ3) is 6.77. The standard InChI is InChI=1S/C25H30N4O5S/c1-5-33-25(32)21-16(2)22(23(31)26-3)35-24(21)27-20(30)15-29(4)13-9-12-18-14-19(28-34-18)17-10-7-6-8-11-17/h6-8,10-11,14H,5,9,12-13,15H2,1-4H3,(H,26,31)(H,27,30). The zero-order valence-electron chi connectivity index (χ0n) is 20.3. The van der Waals surface area contributed by atoms with Crippen molar-refractivity contribution in [3.05, 3.63) is 58.2 Å². The summed E-state index contributed by atoms with van der Waals surface area (Å²) in [4.78, 5) is 39.6. The molecule has 35 heavy (non-hydrogen) atoms. The minimum atomic E-state index is -0.568. The van der Waals surface area contributed by atoms with E-state index in [4.69, 9.17) is 9.26 Å². The van der Waals surface area contributed by atoms with E-state index in [0.717, 1.165) is 34.8 Å². The largest absolute Gasteiger partial charge is 0.462 e. The number of rotatable bonds is 11. The third-order valence-corrected chi connectivity index (χ3v) is 6.52. The summed E-state index contributed by atoms with van der Waals surface area (Å²) in [5.74, 6) is -0.383. The number of nitrogens with zero attached hydrogens (tertiary/aromatic N) is 2. The molecule has 3 aromatic rings. The Morgan fingerprint density at radius 3 is 2.63 bits per heavy atom. The smallest absolute Gasteiger partial charge is 0.341 e. The predicted octanol–water partition coefficient (Wildman–Crippen LogP) is 3.75. The highest BCUT2D eigenvalue weighted by atomic mass is 32.1. The number of hydrogen-bond acceptors (Lipinski definition) is 8. The van der Waals surface area contributed by atoms with Crippen LogP contribution in [0.5, 0.6) is 0 Å². The van der Waals surface area contributed by atoms with E-state index in [1.54, 1.807) is 13.8 Å². The Labute approximate surface area is 208 Å². The number of carbonyl (C=O) groups is 3. The van der Waals surface area contributed by atoms with Gasteiger partial charge in [0.15, 0.2) is 0 Å². The molecule has 2 amide bonds. The number of benzene rings is 1. The number of esters is 1. The SMILES string of the molecule is CCOC(=O)c1c(NC(=O)CN(C)CCCc2cc(-c3ccccc3)no2)sc(C(=O)NC)c1C. The fourth-order valence-electron chi connectivity index (χ4n) is 3.57. The minimum Gasteiger partial charge on any atom is -0.462 e. The fourth-order valence-corrected chi connectivity index (χ4v) is 4.73. The number of aromatic nitrogens is 1. The quantitative estimate of drug-likeness (QED) is 0.387. The summed E-state index contributed by atoms with van der Waals surface area (Å²) in [6.07, 6.45) is 1.47. The van der Waals surface area contributed by atoms with Crippen molar-refractivity contribution in [1.29, 1.82) is 0 Å². The van der Waals surface area contributed by atoms with Crippen LogP contribution in [0.15, 0.2) is 40.9 Å². The second-order valence-electron chi connectivity index (χ2n) is 7.99. The van der Waals surface area contributed by atoms with Crippen LogP contribution in [-0.2, 0) is 16.0 Å². The fraction of sp³-hybridized carbons (Fsp3) is 0.360. The van der Waals surface area contributed by atoms with Crippen molar-refractivity contribution in [3.63, 3.8) is 0 Å². The molecular weight excluding hydrogens is 468 g/mol. The summed E-state index contributed by atoms with van der Waals surface area (Å²) in [5, 5.41) is 9.77. The Bertz CT molecular complexity index is 1170. The average Bonchev–Trinajstić information content (AvgIpc) is 3.43. The van der Waals surface area contributed by atoms with Crippen molar-refractivity contribution in [2.24, 2.45) is 0 Å². The Balaban J connectivity index is 1.55. The Morgan fingerprint density at radius 1 is 1.20 bits per heavy atom. The molecule has 2 aromatic heterocycles. The van der Waals surface area contributed by atoms with Gasteiger partial charge in [0.25, 0.3) is 5.91 Å². The molecule has 2 heterocycles. The van der Waals surface area contributed by atoms with Crippen LogP contribution in [-0.4, -0.2) is 61.6 Å². The first-order valence-electron chi connectivity index (χ1n) is 11.4. The van der Waals surface area contributed by atoms with Crippen molar-refractivity contribution in [1.82, 2.24) is 15.4 Å². The lowest BCUT2D eigenvalue weighted by Crippen LogP contribution is -2.31. The minimum absolute atomic E-state index is 0.125. The average molecular weight is 499 g/mol. The molecule has 1 aromatic carbocycles. The summed E-state index contributed by atoms with van der Waals surface area (Å²) < 4.78 is 10.6. The lowest BCUT2D eigenvalue weighted by Gasteiger charge is -2.15. The van der Waals surface area contributed by atoms with Crippen LogP contribution in [0.4, 0.5) is 5.00 Å². The van der Waals surface area contributed by atoms with Gasteiger partial charge in [0.1, 0.15) is 16.5 Å². The van der Waals surface area contributed by atoms with Gasteiger partial charge in [0, 0.05) is 25.1 Å². The first kappa shape index (κ1) is 26.1. The Hall–Kier alpha value is -3.50. The van der Waals surface area contributed by atoms with Gasteiger partial charge in [-0.2, -0.15) is 0 Å². The number of aryl methyl sites for hydroxylation is 1. The van der Waals surface area contributed by atoms with Gasteiger partial charge in [-0.25, -0.2) is 4.79 Å². The van der Waals surface area contributed by atoms with Gasteiger partial charge in [-0.05, 0) is 39.4 Å². The summed E-state index contributed by atoms with van der Waals surface area (Å²) in [6.45, 7) is 4.35. The van der Waals surface area contributed by atoms with Gasteiger partial charge in [-0.1, -0.05) is 35.5 Å². The molecule has 0 fully saturated rings. The zero-order valence-corrected chi connectivity index (χ0v) is 21.2. The summed E-state index contributed by atoms with van der Waals surface area (Å²) in [5.41, 5.74) is 2.50. The molecule has 186 valence electrons. The monoisotopic (exact) mass is 498 g/mol. The molecule has 2 N–H and O–H groups in total. The van der Waals surface area contributed by atoms with Crippen LogP contribution < -0.4 is 10.6 Å². The molecule has 0 saturated heterocycles. The normalized spacial score (nSPS) is 10.9. The predicted molar refractivity (Wildman–Crippen MR) is 135 cm³/mol. The Morgan fingerprint density at radius 2 is 1.94 bits per heavy atom. The molecule has 3 rings (SSSR count). The molecule has 0 bridgehead atoms. The van der Waals surface area contributed by atoms with Crippen LogP contribution in [0, 0.1) is 6.92 Å². The molecule has 9 nitrogen and oxygen atoms in total. The van der Waals surface area contributed by atoms with Crippen molar-refractivity contribution in [2.45, 2.75) is 26.7 Å². The molecule has 0 saturated carbocycles. The van der Waals surface area contributed by atoms with Crippen LogP contribution in [0.2, 0.25) is 0 Å². The number of thiophene rings is 1. The highest BCUT2D eigenvalue weighted by Gasteiger charge is 2.26. The van der Waals surface area contributed by atoms with Crippen molar-refractivity contribution >= 4 is 34.1 Å². The molecule has 0 aliphatic rings. The number of ether oxygens (including phenoxy) is 1. The van der Waals surface area contributed by atoms with E-state index in [1.165, 1.54) is 7.05 Å². The van der Waals surface area contributed by atoms with Crippen LogP contribution >= 0.6 is 11.3 Å². The molecule has 10 heteroatoms. The first-order chi connectivity index (χ1) is 16.8. The second kappa shape index (κ2) is 12.3. The second-order valence-corrected chi connectivity index (χ2v) is 9.01. The summed E-state index contributed by atoms with van der Waals surface area (Å²) in [6, 6.07) is 11.8. The summed E-state index contributed by atoms with van der Waals surface area (Å²) >= 11 is 1.06. The lowest BCUT2D eigenvalue weighted by atomic mass is 10.1. The number of amides is 2. The number of nitrogens with one attached hydrogen (secondary N) is 2. The maximum Gasteiger partial charge on any atom is 0.341 e. The molecule has 0 aliphatic heterocycles. The van der Waals surface area contributed by atoms with Crippen LogP contribution in [0.25, 0.3) is 11.3 Å². The number of likely N-dealkylation sites (N-methyl/N-ethyl adjacent to an activating group) is 1. The summed E-state index contributed by atoms with van der Waals surface area (Å²) in [7, 11) is 3.36. The molecule has 0 aliphatic carbocycles. The van der Waals surface area contributed by atoms with Gasteiger partial charge in [-0.15, -0.1) is 11.3 Å². The maximum absolute atomic E-state index is 12.7. The van der Waals surface area contributed by atoms with E-state index < -0.39 is 5.97 Å². The number of anilines is 1. The maximum atomic E-state index is 12.7. The van der Waals surface area contributed by atoms with E-state index in [2.05, 4.69) is 15.8 Å². The Kier molecular flexibility index (Phi) is 9.16. The van der Waals surface area contributed by atoms with E-state index in [-0.39, 0.29) is 30.5 Å². The number of carbonyl (C=O) groups excluding carboxylic acids is 3. The highest BCUT2D eigenvalue weighted by molar-refractivity contribution is 7.18. The zero-order chi connectivity index (χ0) is 25.4. The van der Waals surface area contributed by atoms with Gasteiger partial charge >= 0.3 is 5.97 Å². The van der Waals surface area contributed by atoms with E-state index in [9.17, 15) is 14.4 Å². The number of hydrogen-bond donors (Lipinski definition) is 2. The highest BCUT2D eigenvalue weighted by Crippen LogP contribution is 2.33. The van der Waals surface area contributed by atoms with Gasteiger partial charge in [-0.3, -0.25) is 14.5 Å². The topological polar surface area (TPSA) is 114 Å². The van der Waals surface area contributed by atoms with Crippen molar-refractivity contribution in [3.8, 4) is 11.3 Å². The van der Waals surface area contributed by atoms with E-state index >= 15 is 0 Å². The van der Waals surface area contributed by atoms with Crippen molar-refractivity contribution < 1.29 is 23.6 Å². The van der Waals surface area contributed by atoms with Gasteiger partial charge < -0.3 is 19.9 Å². The lowest BCUT2D eigenvalue weighted by molar-refractivity contribution is -0.117. The molecular formula is C25H30N4O5S. The molecule has 0 atom stereocenters. The molecule has 0 spiro atoms. The van der Waals surface area contributed by atoms with Gasteiger partial charge in [0.05, 0.1) is 23.6 Å². The van der Waals surface area contributed by atoms with Crippen molar-refractivity contribution in [2.75, 3.05) is 39.1 Å². The van der Waals surface area contributed by atoms with Gasteiger partial charge in [0.2, 0.25) is 5.91 Å². The van der Waals surface area contributed by atoms with Crippen LogP contribution in [0.3, 0.4) is 0 Å². The third-order valence-electron chi connectivity index (χ3n) is 5.32. The van der Waals surface area contributed by atoms with Crippen LogP contribution in [0.1, 0.15) is 44.7 Å². The first-order valence-corrected chi connectivity index (χ1v) is 12.2. The molecule has 0 radical (unpaired) electrons.